The average Bonchev–Trinajstić information content (AvgIpc) is 3.29. The summed E-state index contributed by atoms with van der Waals surface area (Å²) in [5, 5.41) is 0. The molecule has 0 atom stereocenters. The first kappa shape index (κ1) is 40.0. The zero-order valence-electron chi connectivity index (χ0n) is 23.6. The van der Waals surface area contributed by atoms with Crippen LogP contribution in [-0.2, 0) is 10.8 Å². The zero-order valence-corrected chi connectivity index (χ0v) is 38.8. The molecule has 0 fully saturated rings. The molecule has 0 heterocycles. The highest BCUT2D eigenvalue weighted by Crippen LogP contribution is 2.69. The van der Waals surface area contributed by atoms with E-state index in [2.05, 4.69) is 20.8 Å². The lowest BCUT2D eigenvalue weighted by Gasteiger charge is -2.41. The molecular formula is C29H26S17. The van der Waals surface area contributed by atoms with Crippen LogP contribution in [0.2, 0.25) is 0 Å². The summed E-state index contributed by atoms with van der Waals surface area (Å²) in [5.41, 5.74) is 3.09. The Morgan fingerprint density at radius 1 is 0.283 bits per heavy atom. The second-order valence-electron chi connectivity index (χ2n) is 11.6. The van der Waals surface area contributed by atoms with Crippen molar-refractivity contribution in [2.75, 3.05) is 0 Å². The van der Waals surface area contributed by atoms with Crippen LogP contribution in [0.15, 0.2) is 83.2 Å². The maximum absolute atomic E-state index is 5.35. The van der Waals surface area contributed by atoms with Crippen molar-refractivity contribution in [1.82, 2.24) is 0 Å². The minimum atomic E-state index is -1.39. The maximum atomic E-state index is 5.35. The maximum Gasteiger partial charge on any atom is 0.0781 e. The van der Waals surface area contributed by atoms with Gasteiger partial charge in [0.05, 0.1) is 5.41 Å². The van der Waals surface area contributed by atoms with Gasteiger partial charge in [-0.25, -0.2) is 0 Å². The molecule has 4 aromatic rings. The molecule has 0 saturated heterocycles. The third kappa shape index (κ3) is 5.57. The predicted octanol–water partition coefficient (Wildman–Crippen LogP) is 12.3. The van der Waals surface area contributed by atoms with Gasteiger partial charge < -0.3 is 0 Å². The van der Waals surface area contributed by atoms with E-state index < -0.39 is 10.8 Å². The second kappa shape index (κ2) is 13.9. The summed E-state index contributed by atoms with van der Waals surface area (Å²) in [5.74, 6) is 0. The van der Waals surface area contributed by atoms with Crippen molar-refractivity contribution in [3.8, 4) is 11.1 Å². The van der Waals surface area contributed by atoms with Crippen LogP contribution in [-0.4, -0.2) is 0 Å². The third-order valence-electron chi connectivity index (χ3n) is 8.06. The molecule has 0 saturated carbocycles. The summed E-state index contributed by atoms with van der Waals surface area (Å²) in [4.78, 5) is 8.94. The fourth-order valence-corrected chi connectivity index (χ4v) is 12.8. The van der Waals surface area contributed by atoms with Gasteiger partial charge in [0.15, 0.2) is 0 Å². The van der Waals surface area contributed by atoms with Gasteiger partial charge in [0.25, 0.3) is 0 Å². The van der Waals surface area contributed by atoms with Gasteiger partial charge >= 0.3 is 0 Å². The van der Waals surface area contributed by atoms with Crippen LogP contribution in [0.5, 0.6) is 0 Å². The van der Waals surface area contributed by atoms with Crippen LogP contribution in [0, 0.1) is 0 Å². The molecule has 4 aromatic carbocycles. The first-order valence-electron chi connectivity index (χ1n) is 12.8. The van der Waals surface area contributed by atoms with Gasteiger partial charge in [-0.3, -0.25) is 0 Å². The van der Waals surface area contributed by atoms with E-state index in [1.807, 2.05) is 0 Å². The van der Waals surface area contributed by atoms with E-state index in [1.165, 1.54) is 0 Å². The fraction of sp³-hybridized carbons (Fsp3) is 0.172. The quantitative estimate of drug-likeness (QED) is 0.0763. The number of benzene rings is 4. The van der Waals surface area contributed by atoms with Gasteiger partial charge in [0, 0.05) is 105 Å². The van der Waals surface area contributed by atoms with Gasteiger partial charge in [-0.2, -0.15) is 0 Å². The van der Waals surface area contributed by atoms with E-state index in [9.17, 15) is 0 Å². The van der Waals surface area contributed by atoms with Crippen LogP contribution in [0.25, 0.3) is 11.1 Å². The van der Waals surface area contributed by atoms with E-state index >= 15 is 0 Å². The van der Waals surface area contributed by atoms with Gasteiger partial charge in [0.1, 0.15) is 0 Å². The fourth-order valence-electron chi connectivity index (χ4n) is 6.17. The van der Waals surface area contributed by atoms with E-state index in [-0.39, 0.29) is 0 Å². The molecule has 0 radical (unpaired) electrons. The normalized spacial score (nSPS) is 13.8. The Balaban J connectivity index is 2.36. The molecule has 0 aliphatic heterocycles. The van der Waals surface area contributed by atoms with Crippen molar-refractivity contribution < 1.29 is 0 Å². The van der Waals surface area contributed by atoms with Crippen LogP contribution in [0.4, 0.5) is 0 Å². The Labute approximate surface area is 363 Å². The van der Waals surface area contributed by atoms with Crippen molar-refractivity contribution in [3.63, 3.8) is 0 Å². The number of hydrogen-bond acceptors (Lipinski definition) is 17. The molecule has 0 spiro atoms. The van der Waals surface area contributed by atoms with E-state index in [0.717, 1.165) is 16.7 Å². The highest BCUT2D eigenvalue weighted by Gasteiger charge is 2.56. The summed E-state index contributed by atoms with van der Waals surface area (Å²) in [6.45, 7) is 6.29. The number of rotatable bonds is 2. The molecule has 0 nitrogen and oxygen atoms in total. The highest BCUT2D eigenvalue weighted by atomic mass is 32.1. The highest BCUT2D eigenvalue weighted by molar-refractivity contribution is 7.88. The molecule has 0 bridgehead atoms. The van der Waals surface area contributed by atoms with Crippen molar-refractivity contribution in [3.05, 3.63) is 27.8 Å². The summed E-state index contributed by atoms with van der Waals surface area (Å²) >= 11 is 85.0. The average molecular weight is 920 g/mol. The zero-order chi connectivity index (χ0) is 34.9. The van der Waals surface area contributed by atoms with Crippen LogP contribution < -0.4 is 0 Å². The Morgan fingerprint density at radius 3 is 0.848 bits per heavy atom. The SMILES string of the molecule is CC(C)(C)c1c(S)c(S)c2c(c1S)C(c1c(S)c(S)c(S)c(S)c1S)(c1c(S)c(S)c(S)c(S)c1S)c1c(S)c(S)c(S)c(S)c1-2. The molecule has 1 aliphatic carbocycles. The van der Waals surface area contributed by atoms with Crippen LogP contribution in [0.3, 0.4) is 0 Å². The second-order valence-corrected chi connectivity index (χ2v) is 19.2. The Morgan fingerprint density at radius 2 is 0.522 bits per heavy atom. The Hall–Kier alpha value is 2.83. The molecule has 0 amide bonds. The Kier molecular flexibility index (Phi) is 12.1. The van der Waals surface area contributed by atoms with Crippen LogP contribution >= 0.6 is 215 Å². The molecule has 0 unspecified atom stereocenters. The summed E-state index contributed by atoms with van der Waals surface area (Å²) in [7, 11) is 0. The van der Waals surface area contributed by atoms with Gasteiger partial charge in [0.2, 0.25) is 0 Å². The molecule has 17 heteroatoms. The van der Waals surface area contributed by atoms with Crippen LogP contribution in [0.1, 0.15) is 48.6 Å². The monoisotopic (exact) mass is 918 g/mol. The number of fused-ring (bicyclic) bond motifs is 3. The van der Waals surface area contributed by atoms with Gasteiger partial charge in [-0.15, -0.1) is 215 Å². The molecule has 46 heavy (non-hydrogen) atoms. The Bertz CT molecular complexity index is 1930. The molecule has 1 aliphatic rings. The smallest absolute Gasteiger partial charge is 0.0781 e. The largest absolute Gasteiger partial charge is 0.143 e. The van der Waals surface area contributed by atoms with E-state index in [1.54, 1.807) is 0 Å². The summed E-state index contributed by atoms with van der Waals surface area (Å²) < 4.78 is 0. The lowest BCUT2D eigenvalue weighted by molar-refractivity contribution is 0.551. The van der Waals surface area contributed by atoms with Crippen molar-refractivity contribution in [2.24, 2.45) is 0 Å². The molecule has 0 aromatic heterocycles. The van der Waals surface area contributed by atoms with Gasteiger partial charge in [-0.05, 0) is 22.1 Å². The van der Waals surface area contributed by atoms with E-state index in [0.29, 0.717) is 105 Å². The first-order chi connectivity index (χ1) is 21.1. The van der Waals surface area contributed by atoms with E-state index in [4.69, 9.17) is 215 Å². The summed E-state index contributed by atoms with van der Waals surface area (Å²) in [6.07, 6.45) is 0. The standard InChI is InChI=1S/C29H26S17/c1-28(2,3)8-13(32)6-4(11(30)15(8)34)5-7(14(33)21(40)20(39)12(5)31)29(6,9-16(35)22(41)26(45)23(42)17(9)36)10-18(37)24(43)27(46)25(44)19(10)38/h30-46H,1-3H3. The lowest BCUT2D eigenvalue weighted by Crippen LogP contribution is -2.34. The molecule has 5 rings (SSSR count). The first-order valence-corrected chi connectivity index (χ1v) is 20.4. The minimum absolute atomic E-state index is 0.421. The molecule has 0 N–H and O–H groups in total. The number of thiol groups is 17. The van der Waals surface area contributed by atoms with Crippen molar-refractivity contribution in [1.29, 1.82) is 0 Å². The molecular weight excluding hydrogens is 893 g/mol. The lowest BCUT2D eigenvalue weighted by atomic mass is 9.66. The topological polar surface area (TPSA) is 0 Å². The predicted molar refractivity (Wildman–Crippen MR) is 246 cm³/mol. The third-order valence-corrected chi connectivity index (χ3v) is 17.8. The van der Waals surface area contributed by atoms with Crippen molar-refractivity contribution in [2.45, 2.75) is 115 Å². The van der Waals surface area contributed by atoms with Crippen molar-refractivity contribution >= 4 is 215 Å². The molecule has 244 valence electrons. The number of hydrogen-bond donors (Lipinski definition) is 17. The minimum Gasteiger partial charge on any atom is -0.143 e. The van der Waals surface area contributed by atoms with Gasteiger partial charge in [-0.1, -0.05) is 20.8 Å². The summed E-state index contributed by atoms with van der Waals surface area (Å²) in [6, 6.07) is 0.